The van der Waals surface area contributed by atoms with Crippen LogP contribution in [0.25, 0.3) is 0 Å². The van der Waals surface area contributed by atoms with Crippen LogP contribution in [0.1, 0.15) is 105 Å². The van der Waals surface area contributed by atoms with Gasteiger partial charge in [-0.15, -0.1) is 11.8 Å². The highest BCUT2D eigenvalue weighted by Gasteiger charge is 2.22. The van der Waals surface area contributed by atoms with Crippen LogP contribution in [0.3, 0.4) is 0 Å². The van der Waals surface area contributed by atoms with E-state index in [1.807, 2.05) is 12.1 Å². The highest BCUT2D eigenvalue weighted by Crippen LogP contribution is 2.23. The summed E-state index contributed by atoms with van der Waals surface area (Å²) in [5, 5.41) is 10.5. The highest BCUT2D eigenvalue weighted by molar-refractivity contribution is 7.99. The number of amides is 1. The van der Waals surface area contributed by atoms with Crippen LogP contribution >= 0.6 is 11.8 Å². The van der Waals surface area contributed by atoms with Crippen molar-refractivity contribution in [3.63, 3.8) is 0 Å². The van der Waals surface area contributed by atoms with Crippen LogP contribution < -0.4 is 16.0 Å². The number of rotatable bonds is 21. The van der Waals surface area contributed by atoms with Crippen LogP contribution in [0.4, 0.5) is 4.79 Å². The van der Waals surface area contributed by atoms with Crippen LogP contribution in [0.5, 0.6) is 0 Å². The average molecular weight is 580 g/mol. The molecule has 0 saturated heterocycles. The SMILES string of the molecule is CCCCC(NCC(CC(C)C)NCC(CC(C)C)NC(=O)OCC1CCCCC1)C(=O)CSCc1ccco1. The fourth-order valence-corrected chi connectivity index (χ4v) is 6.32. The molecule has 1 fully saturated rings. The molecule has 8 heteroatoms. The Labute approximate surface area is 248 Å². The van der Waals surface area contributed by atoms with Crippen LogP contribution in [-0.4, -0.2) is 55.5 Å². The van der Waals surface area contributed by atoms with E-state index >= 15 is 0 Å². The zero-order chi connectivity index (χ0) is 29.2. The van der Waals surface area contributed by atoms with Crippen LogP contribution in [0, 0.1) is 17.8 Å². The van der Waals surface area contributed by atoms with E-state index in [0.717, 1.165) is 44.4 Å². The Morgan fingerprint density at radius 2 is 1.73 bits per heavy atom. The third-order valence-electron chi connectivity index (χ3n) is 7.58. The number of ketones is 1. The van der Waals surface area contributed by atoms with Gasteiger partial charge in [-0.05, 0) is 62.0 Å². The molecule has 1 aliphatic carbocycles. The predicted molar refractivity (Wildman–Crippen MR) is 167 cm³/mol. The zero-order valence-electron chi connectivity index (χ0n) is 25.8. The lowest BCUT2D eigenvalue weighted by Gasteiger charge is -2.28. The molecular weight excluding hydrogens is 522 g/mol. The summed E-state index contributed by atoms with van der Waals surface area (Å²) < 4.78 is 11.0. The predicted octanol–water partition coefficient (Wildman–Crippen LogP) is 6.96. The Bertz CT molecular complexity index is 796. The molecule has 1 aromatic heterocycles. The Balaban J connectivity index is 1.87. The Hall–Kier alpha value is -1.51. The molecule has 0 aliphatic heterocycles. The van der Waals surface area contributed by atoms with Gasteiger partial charge in [-0.1, -0.05) is 66.7 Å². The monoisotopic (exact) mass is 579 g/mol. The minimum atomic E-state index is -0.297. The Kier molecular flexibility index (Phi) is 17.7. The summed E-state index contributed by atoms with van der Waals surface area (Å²) in [6.45, 7) is 12.9. The van der Waals surface area contributed by atoms with Gasteiger partial charge in [-0.2, -0.15) is 0 Å². The molecule has 1 heterocycles. The van der Waals surface area contributed by atoms with Gasteiger partial charge in [0.25, 0.3) is 0 Å². The molecular formula is C32H57N3O4S. The number of hydrogen-bond acceptors (Lipinski definition) is 7. The molecule has 2 rings (SSSR count). The summed E-state index contributed by atoms with van der Waals surface area (Å²) in [6, 6.07) is 3.91. The van der Waals surface area contributed by atoms with E-state index in [9.17, 15) is 9.59 Å². The van der Waals surface area contributed by atoms with Gasteiger partial charge in [-0.3, -0.25) is 4.79 Å². The molecule has 1 amide bonds. The standard InChI is InChI=1S/C32H57N3O4S/c1-6-7-15-30(31(36)23-40-22-29-14-11-16-38-29)34-19-27(17-24(2)3)33-20-28(18-25(4)5)35-32(37)39-21-26-12-9-8-10-13-26/h11,14,16,24-28,30,33-34H,6-10,12-13,15,17-23H2,1-5H3,(H,35,37). The summed E-state index contributed by atoms with van der Waals surface area (Å²) in [7, 11) is 0. The van der Waals surface area contributed by atoms with Gasteiger partial charge >= 0.3 is 6.09 Å². The molecule has 3 atom stereocenters. The quantitative estimate of drug-likeness (QED) is 0.145. The fourth-order valence-electron chi connectivity index (χ4n) is 5.45. The van der Waals surface area contributed by atoms with E-state index in [4.69, 9.17) is 9.15 Å². The van der Waals surface area contributed by atoms with Gasteiger partial charge in [0.1, 0.15) is 5.76 Å². The average Bonchev–Trinajstić information content (AvgIpc) is 3.44. The van der Waals surface area contributed by atoms with Crippen LogP contribution in [0.15, 0.2) is 22.8 Å². The van der Waals surface area contributed by atoms with Crippen molar-refractivity contribution in [2.45, 2.75) is 123 Å². The van der Waals surface area contributed by atoms with Crippen LogP contribution in [0.2, 0.25) is 0 Å². The number of carbonyl (C=O) groups is 2. The first-order valence-electron chi connectivity index (χ1n) is 15.8. The number of nitrogens with one attached hydrogen (secondary N) is 3. The number of alkyl carbamates (subject to hydrolysis) is 1. The van der Waals surface area contributed by atoms with Gasteiger partial charge in [-0.25, -0.2) is 4.79 Å². The third kappa shape index (κ3) is 15.5. The highest BCUT2D eigenvalue weighted by atomic mass is 32.2. The number of Topliss-reactive ketones (excluding diaryl/α,β-unsaturated/α-hetero) is 1. The second-order valence-electron chi connectivity index (χ2n) is 12.4. The second kappa shape index (κ2) is 20.4. The van der Waals surface area contributed by atoms with Gasteiger partial charge in [0.15, 0.2) is 5.78 Å². The van der Waals surface area contributed by atoms with Crippen molar-refractivity contribution >= 4 is 23.6 Å². The minimum absolute atomic E-state index is 0.00374. The van der Waals surface area contributed by atoms with Crippen molar-refractivity contribution in [1.82, 2.24) is 16.0 Å². The first-order valence-corrected chi connectivity index (χ1v) is 16.9. The number of hydrogen-bond donors (Lipinski definition) is 3. The maximum absolute atomic E-state index is 13.1. The lowest BCUT2D eigenvalue weighted by Crippen LogP contribution is -2.50. The van der Waals surface area contributed by atoms with E-state index in [1.54, 1.807) is 18.0 Å². The molecule has 1 aliphatic rings. The van der Waals surface area contributed by atoms with Gasteiger partial charge in [0, 0.05) is 25.2 Å². The summed E-state index contributed by atoms with van der Waals surface area (Å²) in [4.78, 5) is 25.7. The number of furan rings is 1. The molecule has 3 N–H and O–H groups in total. The van der Waals surface area contributed by atoms with Crippen LogP contribution in [-0.2, 0) is 15.3 Å². The summed E-state index contributed by atoms with van der Waals surface area (Å²) in [5.74, 6) is 3.84. The Morgan fingerprint density at radius 1 is 1.02 bits per heavy atom. The first kappa shape index (κ1) is 34.7. The lowest BCUT2D eigenvalue weighted by molar-refractivity contribution is -0.118. The molecule has 230 valence electrons. The number of ether oxygens (including phenoxy) is 1. The van der Waals surface area contributed by atoms with E-state index in [0.29, 0.717) is 42.4 Å². The minimum Gasteiger partial charge on any atom is -0.468 e. The molecule has 0 spiro atoms. The summed E-state index contributed by atoms with van der Waals surface area (Å²) in [6.07, 6.45) is 12.3. The van der Waals surface area contributed by atoms with Crippen molar-refractivity contribution in [1.29, 1.82) is 0 Å². The molecule has 40 heavy (non-hydrogen) atoms. The second-order valence-corrected chi connectivity index (χ2v) is 13.4. The molecule has 0 aromatic carbocycles. The summed E-state index contributed by atoms with van der Waals surface area (Å²) in [5.41, 5.74) is 0. The fraction of sp³-hybridized carbons (Fsp3) is 0.812. The van der Waals surface area contributed by atoms with Gasteiger partial charge in [0.05, 0.1) is 30.4 Å². The van der Waals surface area contributed by atoms with Crippen molar-refractivity contribution in [2.75, 3.05) is 25.4 Å². The summed E-state index contributed by atoms with van der Waals surface area (Å²) >= 11 is 1.61. The smallest absolute Gasteiger partial charge is 0.407 e. The first-order chi connectivity index (χ1) is 19.3. The van der Waals surface area contributed by atoms with Crippen molar-refractivity contribution in [3.05, 3.63) is 24.2 Å². The largest absolute Gasteiger partial charge is 0.468 e. The third-order valence-corrected chi connectivity index (χ3v) is 8.55. The topological polar surface area (TPSA) is 92.6 Å². The maximum Gasteiger partial charge on any atom is 0.407 e. The molecule has 7 nitrogen and oxygen atoms in total. The van der Waals surface area contributed by atoms with E-state index < -0.39 is 0 Å². The lowest BCUT2D eigenvalue weighted by atomic mass is 9.90. The van der Waals surface area contributed by atoms with E-state index in [1.165, 1.54) is 32.1 Å². The van der Waals surface area contributed by atoms with Crippen molar-refractivity contribution < 1.29 is 18.7 Å². The van der Waals surface area contributed by atoms with Gasteiger partial charge < -0.3 is 25.1 Å². The molecule has 0 radical (unpaired) electrons. The Morgan fingerprint density at radius 3 is 2.38 bits per heavy atom. The number of carbonyl (C=O) groups excluding carboxylic acids is 2. The number of thioether (sulfide) groups is 1. The zero-order valence-corrected chi connectivity index (χ0v) is 26.7. The molecule has 0 bridgehead atoms. The molecule has 1 aromatic rings. The molecule has 1 saturated carbocycles. The number of unbranched alkanes of at least 4 members (excludes halogenated alkanes) is 1. The maximum atomic E-state index is 13.1. The van der Waals surface area contributed by atoms with E-state index in [2.05, 4.69) is 50.6 Å². The normalized spacial score (nSPS) is 16.7. The van der Waals surface area contributed by atoms with Crippen molar-refractivity contribution in [3.8, 4) is 0 Å². The van der Waals surface area contributed by atoms with E-state index in [-0.39, 0.29) is 30.0 Å². The van der Waals surface area contributed by atoms with Gasteiger partial charge in [0.2, 0.25) is 0 Å². The van der Waals surface area contributed by atoms with Crippen molar-refractivity contribution in [2.24, 2.45) is 17.8 Å². The molecule has 3 unspecified atom stereocenters.